The minimum Gasteiger partial charge on any atom is -0.273 e. The number of amides is 1. The van der Waals surface area contributed by atoms with Gasteiger partial charge in [-0.2, -0.15) is 16.4 Å². The molecule has 17 heavy (non-hydrogen) atoms. The van der Waals surface area contributed by atoms with Crippen molar-refractivity contribution < 1.29 is 4.79 Å². The summed E-state index contributed by atoms with van der Waals surface area (Å²) in [7, 11) is 0. The molecule has 0 aliphatic rings. The van der Waals surface area contributed by atoms with Crippen LogP contribution in [0.15, 0.2) is 21.9 Å². The molecule has 0 bridgehead atoms. The van der Waals surface area contributed by atoms with Crippen molar-refractivity contribution in [3.8, 4) is 0 Å². The predicted octanol–water partition coefficient (Wildman–Crippen LogP) is 3.56. The average molecular weight is 252 g/mol. The van der Waals surface area contributed by atoms with Gasteiger partial charge < -0.3 is 0 Å². The zero-order chi connectivity index (χ0) is 12.3. The highest BCUT2D eigenvalue weighted by molar-refractivity contribution is 7.08. The number of thiophene rings is 1. The molecule has 0 aliphatic carbocycles. The SMILES string of the molecule is CCCCCCCC(=O)N/N=C/c1ccsc1. The lowest BCUT2D eigenvalue weighted by Gasteiger charge is -1.99. The molecule has 1 aromatic heterocycles. The average Bonchev–Trinajstić information content (AvgIpc) is 2.82. The number of nitrogens with one attached hydrogen (secondary N) is 1. The molecule has 4 heteroatoms. The molecular formula is C13H20N2OS. The van der Waals surface area contributed by atoms with E-state index in [2.05, 4.69) is 17.5 Å². The van der Waals surface area contributed by atoms with Crippen LogP contribution in [0.5, 0.6) is 0 Å². The molecule has 0 unspecified atom stereocenters. The van der Waals surface area contributed by atoms with Crippen LogP contribution in [0.1, 0.15) is 51.0 Å². The van der Waals surface area contributed by atoms with E-state index in [4.69, 9.17) is 0 Å². The Labute approximate surface area is 107 Å². The molecule has 1 heterocycles. The van der Waals surface area contributed by atoms with Gasteiger partial charge in [-0.1, -0.05) is 32.6 Å². The van der Waals surface area contributed by atoms with Crippen molar-refractivity contribution in [2.75, 3.05) is 0 Å². The number of rotatable bonds is 8. The van der Waals surface area contributed by atoms with Crippen molar-refractivity contribution in [2.45, 2.75) is 45.4 Å². The van der Waals surface area contributed by atoms with E-state index in [9.17, 15) is 4.79 Å². The van der Waals surface area contributed by atoms with Gasteiger partial charge in [0.2, 0.25) is 5.91 Å². The van der Waals surface area contributed by atoms with Gasteiger partial charge in [-0.3, -0.25) is 4.79 Å². The van der Waals surface area contributed by atoms with Crippen molar-refractivity contribution in [1.29, 1.82) is 0 Å². The van der Waals surface area contributed by atoms with Crippen molar-refractivity contribution >= 4 is 23.5 Å². The van der Waals surface area contributed by atoms with Crippen molar-refractivity contribution in [3.05, 3.63) is 22.4 Å². The third-order valence-electron chi connectivity index (χ3n) is 2.45. The molecule has 1 amide bonds. The van der Waals surface area contributed by atoms with Crippen LogP contribution in [-0.2, 0) is 4.79 Å². The monoisotopic (exact) mass is 252 g/mol. The van der Waals surface area contributed by atoms with Crippen molar-refractivity contribution in [1.82, 2.24) is 5.43 Å². The number of carbonyl (C=O) groups is 1. The molecule has 1 N–H and O–H groups in total. The molecule has 0 radical (unpaired) electrons. The van der Waals surface area contributed by atoms with Gasteiger partial charge in [0.25, 0.3) is 0 Å². The summed E-state index contributed by atoms with van der Waals surface area (Å²) in [6.45, 7) is 2.19. The summed E-state index contributed by atoms with van der Waals surface area (Å²) < 4.78 is 0. The molecule has 0 spiro atoms. The van der Waals surface area contributed by atoms with Crippen LogP contribution in [0.3, 0.4) is 0 Å². The molecule has 3 nitrogen and oxygen atoms in total. The van der Waals surface area contributed by atoms with Gasteiger partial charge in [-0.05, 0) is 23.2 Å². The molecule has 0 atom stereocenters. The fourth-order valence-electron chi connectivity index (χ4n) is 1.47. The van der Waals surface area contributed by atoms with E-state index < -0.39 is 0 Å². The maximum absolute atomic E-state index is 11.4. The van der Waals surface area contributed by atoms with E-state index in [0.29, 0.717) is 6.42 Å². The van der Waals surface area contributed by atoms with E-state index in [0.717, 1.165) is 18.4 Å². The number of hydrogen-bond donors (Lipinski definition) is 1. The molecule has 0 aliphatic heterocycles. The zero-order valence-electron chi connectivity index (χ0n) is 10.3. The minimum absolute atomic E-state index is 0.00739. The first kappa shape index (κ1) is 13.9. The Morgan fingerprint density at radius 1 is 1.41 bits per heavy atom. The summed E-state index contributed by atoms with van der Waals surface area (Å²) >= 11 is 1.62. The van der Waals surface area contributed by atoms with E-state index in [1.54, 1.807) is 17.6 Å². The van der Waals surface area contributed by atoms with Crippen LogP contribution in [0.4, 0.5) is 0 Å². The summed E-state index contributed by atoms with van der Waals surface area (Å²) in [5.41, 5.74) is 3.57. The summed E-state index contributed by atoms with van der Waals surface area (Å²) in [6.07, 6.45) is 8.06. The van der Waals surface area contributed by atoms with Gasteiger partial charge in [0.1, 0.15) is 0 Å². The Morgan fingerprint density at radius 2 is 2.24 bits per heavy atom. The fraction of sp³-hybridized carbons (Fsp3) is 0.538. The third kappa shape index (κ3) is 6.89. The Balaban J connectivity index is 2.05. The number of unbranched alkanes of at least 4 members (excludes halogenated alkanes) is 4. The Morgan fingerprint density at radius 3 is 2.94 bits per heavy atom. The summed E-state index contributed by atoms with van der Waals surface area (Å²) in [5, 5.41) is 7.88. The molecule has 94 valence electrons. The molecule has 0 saturated carbocycles. The molecular weight excluding hydrogens is 232 g/mol. The highest BCUT2D eigenvalue weighted by atomic mass is 32.1. The quantitative estimate of drug-likeness (QED) is 0.429. The Bertz CT molecular complexity index is 333. The second-order valence-electron chi connectivity index (χ2n) is 4.01. The smallest absolute Gasteiger partial charge is 0.240 e. The van der Waals surface area contributed by atoms with E-state index in [1.165, 1.54) is 19.3 Å². The highest BCUT2D eigenvalue weighted by Crippen LogP contribution is 2.05. The fourth-order valence-corrected chi connectivity index (χ4v) is 2.08. The van der Waals surface area contributed by atoms with Crippen LogP contribution in [0.25, 0.3) is 0 Å². The number of hydrazone groups is 1. The van der Waals surface area contributed by atoms with Gasteiger partial charge in [-0.25, -0.2) is 5.43 Å². The predicted molar refractivity (Wildman–Crippen MR) is 73.4 cm³/mol. The molecule has 1 rings (SSSR count). The Kier molecular flexibility index (Phi) is 7.30. The first-order chi connectivity index (χ1) is 8.33. The van der Waals surface area contributed by atoms with Gasteiger partial charge in [-0.15, -0.1) is 0 Å². The van der Waals surface area contributed by atoms with Gasteiger partial charge in [0.15, 0.2) is 0 Å². The standard InChI is InChI=1S/C13H20N2OS/c1-2-3-4-5-6-7-13(16)15-14-10-12-8-9-17-11-12/h8-11H,2-7H2,1H3,(H,15,16)/b14-10+. The van der Waals surface area contributed by atoms with Gasteiger partial charge in [0, 0.05) is 12.0 Å². The lowest BCUT2D eigenvalue weighted by Crippen LogP contribution is -2.16. The molecule has 0 saturated heterocycles. The van der Waals surface area contributed by atoms with Gasteiger partial charge in [0.05, 0.1) is 6.21 Å². The highest BCUT2D eigenvalue weighted by Gasteiger charge is 1.98. The summed E-state index contributed by atoms with van der Waals surface area (Å²) in [5.74, 6) is 0.00739. The number of hydrogen-bond acceptors (Lipinski definition) is 3. The first-order valence-electron chi connectivity index (χ1n) is 6.17. The first-order valence-corrected chi connectivity index (χ1v) is 7.11. The molecule has 1 aromatic rings. The maximum Gasteiger partial charge on any atom is 0.240 e. The largest absolute Gasteiger partial charge is 0.273 e. The van der Waals surface area contributed by atoms with Crippen LogP contribution < -0.4 is 5.43 Å². The van der Waals surface area contributed by atoms with E-state index in [1.807, 2.05) is 16.8 Å². The van der Waals surface area contributed by atoms with Crippen LogP contribution >= 0.6 is 11.3 Å². The maximum atomic E-state index is 11.4. The van der Waals surface area contributed by atoms with E-state index in [-0.39, 0.29) is 5.91 Å². The lowest BCUT2D eigenvalue weighted by molar-refractivity contribution is -0.121. The summed E-state index contributed by atoms with van der Waals surface area (Å²) in [4.78, 5) is 11.4. The van der Waals surface area contributed by atoms with Crippen molar-refractivity contribution in [3.63, 3.8) is 0 Å². The van der Waals surface area contributed by atoms with Crippen LogP contribution in [0.2, 0.25) is 0 Å². The van der Waals surface area contributed by atoms with Gasteiger partial charge >= 0.3 is 0 Å². The second-order valence-corrected chi connectivity index (χ2v) is 4.79. The van der Waals surface area contributed by atoms with Crippen LogP contribution in [0, 0.1) is 0 Å². The van der Waals surface area contributed by atoms with Crippen molar-refractivity contribution in [2.24, 2.45) is 5.10 Å². The lowest BCUT2D eigenvalue weighted by atomic mass is 10.1. The number of carbonyl (C=O) groups excluding carboxylic acids is 1. The molecule has 0 aromatic carbocycles. The third-order valence-corrected chi connectivity index (χ3v) is 3.15. The normalized spacial score (nSPS) is 10.9. The zero-order valence-corrected chi connectivity index (χ0v) is 11.1. The topological polar surface area (TPSA) is 41.5 Å². The van der Waals surface area contributed by atoms with E-state index >= 15 is 0 Å². The summed E-state index contributed by atoms with van der Waals surface area (Å²) in [6, 6.07) is 1.96. The number of nitrogens with zero attached hydrogens (tertiary/aromatic N) is 1. The second kappa shape index (κ2) is 8.93. The minimum atomic E-state index is 0.00739. The van der Waals surface area contributed by atoms with Crippen LogP contribution in [-0.4, -0.2) is 12.1 Å². The molecule has 0 fully saturated rings. The Hall–Kier alpha value is -1.16.